The van der Waals surface area contributed by atoms with Gasteiger partial charge in [0.25, 0.3) is 0 Å². The van der Waals surface area contributed by atoms with Crippen molar-refractivity contribution in [2.45, 2.75) is 12.1 Å². The second kappa shape index (κ2) is 10.1. The van der Waals surface area contributed by atoms with Crippen molar-refractivity contribution < 1.29 is 13.9 Å². The number of thioether (sulfide) groups is 1. The van der Waals surface area contributed by atoms with Gasteiger partial charge in [0.2, 0.25) is 0 Å². The number of aromatic nitrogens is 4. The summed E-state index contributed by atoms with van der Waals surface area (Å²) in [5.41, 5.74) is 1.80. The summed E-state index contributed by atoms with van der Waals surface area (Å²) in [5, 5.41) is 9.54. The maximum atomic E-state index is 13.0. The molecule has 6 nitrogen and oxygen atoms in total. The Morgan fingerprint density at radius 3 is 2.39 bits per heavy atom. The molecule has 2 aromatic heterocycles. The first-order valence-electron chi connectivity index (χ1n) is 9.85. The largest absolute Gasteiger partial charge is 0.494 e. The fourth-order valence-electron chi connectivity index (χ4n) is 2.96. The minimum atomic E-state index is -0.284. The monoisotopic (exact) mass is 436 g/mol. The molecule has 0 amide bonds. The maximum Gasteiger partial charge on any atom is 0.196 e. The molecule has 2 aromatic carbocycles. The lowest BCUT2D eigenvalue weighted by Crippen LogP contribution is -2.04. The lowest BCUT2D eigenvalue weighted by molar-refractivity contribution is 0.340. The van der Waals surface area contributed by atoms with Gasteiger partial charge in [-0.05, 0) is 67.6 Å². The van der Waals surface area contributed by atoms with Crippen molar-refractivity contribution >= 4 is 11.8 Å². The van der Waals surface area contributed by atoms with Crippen molar-refractivity contribution in [3.05, 3.63) is 78.9 Å². The Kier molecular flexibility index (Phi) is 6.78. The number of nitrogens with zero attached hydrogens (tertiary/aromatic N) is 4. The molecule has 0 radical (unpaired) electrons. The van der Waals surface area contributed by atoms with Gasteiger partial charge in [0.15, 0.2) is 11.0 Å². The summed E-state index contributed by atoms with van der Waals surface area (Å²) in [5.74, 6) is 2.52. The summed E-state index contributed by atoms with van der Waals surface area (Å²) < 4.78 is 26.3. The van der Waals surface area contributed by atoms with E-state index in [4.69, 9.17) is 9.47 Å². The average molecular weight is 437 g/mol. The summed E-state index contributed by atoms with van der Waals surface area (Å²) in [4.78, 5) is 4.20. The molecule has 0 spiro atoms. The molecule has 0 aliphatic heterocycles. The van der Waals surface area contributed by atoms with Crippen LogP contribution in [0.15, 0.2) is 78.2 Å². The van der Waals surface area contributed by atoms with Gasteiger partial charge < -0.3 is 9.47 Å². The van der Waals surface area contributed by atoms with E-state index in [1.807, 2.05) is 47.9 Å². The molecule has 0 unspecified atom stereocenters. The van der Waals surface area contributed by atoms with Crippen molar-refractivity contribution in [1.29, 1.82) is 0 Å². The first kappa shape index (κ1) is 20.9. The van der Waals surface area contributed by atoms with Crippen LogP contribution in [0.25, 0.3) is 17.1 Å². The summed E-state index contributed by atoms with van der Waals surface area (Å²) in [6.07, 6.45) is 3.49. The van der Waals surface area contributed by atoms with Crippen LogP contribution in [-0.2, 0) is 0 Å². The molecule has 0 bridgehead atoms. The van der Waals surface area contributed by atoms with Crippen molar-refractivity contribution in [3.63, 3.8) is 0 Å². The quantitative estimate of drug-likeness (QED) is 0.271. The van der Waals surface area contributed by atoms with E-state index in [1.54, 1.807) is 24.5 Å². The fourth-order valence-corrected chi connectivity index (χ4v) is 3.73. The molecular formula is C23H21FN4O2S. The molecule has 31 heavy (non-hydrogen) atoms. The molecule has 4 aromatic rings. The smallest absolute Gasteiger partial charge is 0.196 e. The van der Waals surface area contributed by atoms with Gasteiger partial charge in [-0.25, -0.2) is 4.39 Å². The van der Waals surface area contributed by atoms with Crippen LogP contribution in [0.4, 0.5) is 4.39 Å². The van der Waals surface area contributed by atoms with E-state index < -0.39 is 0 Å². The molecular weight excluding hydrogens is 415 g/mol. The van der Waals surface area contributed by atoms with Crippen LogP contribution in [0.2, 0.25) is 0 Å². The Morgan fingerprint density at radius 1 is 0.935 bits per heavy atom. The molecule has 0 aliphatic rings. The van der Waals surface area contributed by atoms with Gasteiger partial charge in [-0.1, -0.05) is 11.8 Å². The van der Waals surface area contributed by atoms with Crippen molar-refractivity contribution in [1.82, 2.24) is 19.7 Å². The molecule has 0 saturated carbocycles. The highest BCUT2D eigenvalue weighted by Gasteiger charge is 2.16. The number of rotatable bonds is 9. The second-order valence-corrected chi connectivity index (χ2v) is 7.52. The zero-order valence-electron chi connectivity index (χ0n) is 16.9. The molecule has 0 aliphatic carbocycles. The van der Waals surface area contributed by atoms with Crippen LogP contribution in [0.5, 0.6) is 11.5 Å². The van der Waals surface area contributed by atoms with Crippen LogP contribution in [-0.4, -0.2) is 38.7 Å². The zero-order valence-corrected chi connectivity index (χ0v) is 17.8. The summed E-state index contributed by atoms with van der Waals surface area (Å²) in [6, 6.07) is 17.6. The van der Waals surface area contributed by atoms with Gasteiger partial charge in [-0.2, -0.15) is 0 Å². The van der Waals surface area contributed by atoms with Crippen LogP contribution < -0.4 is 9.47 Å². The minimum Gasteiger partial charge on any atom is -0.494 e. The van der Waals surface area contributed by atoms with Crippen LogP contribution >= 0.6 is 11.8 Å². The van der Waals surface area contributed by atoms with E-state index in [0.717, 1.165) is 22.2 Å². The molecule has 8 heteroatoms. The van der Waals surface area contributed by atoms with Crippen molar-refractivity contribution in [2.75, 3.05) is 19.0 Å². The van der Waals surface area contributed by atoms with Gasteiger partial charge in [0.1, 0.15) is 17.3 Å². The van der Waals surface area contributed by atoms with Gasteiger partial charge in [0.05, 0.1) is 13.2 Å². The van der Waals surface area contributed by atoms with E-state index >= 15 is 0 Å². The highest BCUT2D eigenvalue weighted by Crippen LogP contribution is 2.28. The van der Waals surface area contributed by atoms with Crippen LogP contribution in [0.3, 0.4) is 0 Å². The van der Waals surface area contributed by atoms with Gasteiger partial charge >= 0.3 is 0 Å². The van der Waals surface area contributed by atoms with E-state index in [1.165, 1.54) is 23.9 Å². The topological polar surface area (TPSA) is 62.1 Å². The van der Waals surface area contributed by atoms with E-state index in [-0.39, 0.29) is 5.82 Å². The Bertz CT molecular complexity index is 1100. The summed E-state index contributed by atoms with van der Waals surface area (Å²) in [7, 11) is 0. The molecule has 0 fully saturated rings. The summed E-state index contributed by atoms with van der Waals surface area (Å²) in [6.45, 7) is 3.02. The Balaban J connectivity index is 1.54. The third-order valence-corrected chi connectivity index (χ3v) is 5.25. The highest BCUT2D eigenvalue weighted by atomic mass is 32.2. The first-order chi connectivity index (χ1) is 15.2. The molecule has 2 heterocycles. The zero-order chi connectivity index (χ0) is 21.5. The lowest BCUT2D eigenvalue weighted by atomic mass is 10.2. The van der Waals surface area contributed by atoms with Crippen molar-refractivity contribution in [3.8, 4) is 28.6 Å². The van der Waals surface area contributed by atoms with E-state index in [9.17, 15) is 4.39 Å². The number of benzene rings is 2. The normalized spacial score (nSPS) is 10.8. The first-order valence-corrected chi connectivity index (χ1v) is 10.8. The highest BCUT2D eigenvalue weighted by molar-refractivity contribution is 7.99. The molecule has 4 rings (SSSR count). The van der Waals surface area contributed by atoms with Crippen LogP contribution in [0.1, 0.15) is 6.92 Å². The molecule has 0 atom stereocenters. The fraction of sp³-hybridized carbons (Fsp3) is 0.174. The molecule has 0 saturated heterocycles. The van der Waals surface area contributed by atoms with E-state index in [0.29, 0.717) is 30.5 Å². The maximum absolute atomic E-state index is 13.0. The molecule has 0 N–H and O–H groups in total. The number of halogens is 1. The summed E-state index contributed by atoms with van der Waals surface area (Å²) >= 11 is 1.53. The molecule has 158 valence electrons. The second-order valence-electron chi connectivity index (χ2n) is 6.46. The predicted molar refractivity (Wildman–Crippen MR) is 118 cm³/mol. The predicted octanol–water partition coefficient (Wildman–Crippen LogP) is 5.04. The Labute approximate surface area is 184 Å². The van der Waals surface area contributed by atoms with Gasteiger partial charge in [-0.15, -0.1) is 10.2 Å². The van der Waals surface area contributed by atoms with Gasteiger partial charge in [-0.3, -0.25) is 9.55 Å². The lowest BCUT2D eigenvalue weighted by Gasteiger charge is -2.11. The SMILES string of the molecule is CCOc1ccc(-n2c(SCCOc3ccc(F)cc3)nnc2-c2cccnc2)cc1. The average Bonchev–Trinajstić information content (AvgIpc) is 3.23. The van der Waals surface area contributed by atoms with E-state index in [2.05, 4.69) is 15.2 Å². The standard InChI is InChI=1S/C23H21FN4O2S/c1-2-29-20-11-7-19(8-12-20)28-22(17-4-3-13-25-16-17)26-27-23(28)31-15-14-30-21-9-5-18(24)6-10-21/h3-13,16H,2,14-15H2,1H3. The third kappa shape index (κ3) is 5.21. The Hall–Kier alpha value is -3.39. The number of hydrogen-bond donors (Lipinski definition) is 0. The number of pyridine rings is 1. The third-order valence-electron chi connectivity index (χ3n) is 4.36. The minimum absolute atomic E-state index is 0.284. The number of hydrogen-bond acceptors (Lipinski definition) is 6. The number of ether oxygens (including phenoxy) is 2. The Morgan fingerprint density at radius 2 is 1.68 bits per heavy atom. The van der Waals surface area contributed by atoms with Gasteiger partial charge in [0, 0.05) is 29.4 Å². The van der Waals surface area contributed by atoms with Crippen molar-refractivity contribution in [2.24, 2.45) is 0 Å². The van der Waals surface area contributed by atoms with Crippen LogP contribution in [0, 0.1) is 5.82 Å².